The molecular formula is C20H18FN3O4S. The smallest absolute Gasteiger partial charge is 0.336 e. The quantitative estimate of drug-likeness (QED) is 0.343. The zero-order valence-corrected chi connectivity index (χ0v) is 16.4. The lowest BCUT2D eigenvalue weighted by atomic mass is 10.1. The van der Waals surface area contributed by atoms with Crippen LogP contribution in [-0.2, 0) is 4.79 Å². The highest BCUT2D eigenvalue weighted by molar-refractivity contribution is 7.80. The molecule has 0 saturated heterocycles. The Labute approximate surface area is 170 Å². The minimum atomic E-state index is -0.856. The van der Waals surface area contributed by atoms with E-state index in [1.54, 1.807) is 25.1 Å². The number of anilines is 1. The number of benzene rings is 2. The number of carbonyl (C=O) groups excluding carboxylic acids is 1. The van der Waals surface area contributed by atoms with Gasteiger partial charge in [0.2, 0.25) is 0 Å². The van der Waals surface area contributed by atoms with E-state index in [0.29, 0.717) is 17.0 Å². The second kappa shape index (κ2) is 8.70. The number of nitrogens with one attached hydrogen (secondary N) is 3. The molecule has 0 spiro atoms. The molecule has 3 rings (SSSR count). The van der Waals surface area contributed by atoms with Gasteiger partial charge in [-0.3, -0.25) is 15.6 Å². The molecule has 1 heterocycles. The standard InChI is InChI=1S/C20H18FN3O4S/c1-11-9-18(25)28-17-10-15(7-8-16(11)17)27-12(2)19(26)23-24-20(29)22-14-5-3-13(21)4-6-14/h3-10,12H,1-2H3,(H,23,26)(H2,22,24,29)/t12-/m0/s1. The van der Waals surface area contributed by atoms with Crippen molar-refractivity contribution in [2.24, 2.45) is 0 Å². The lowest BCUT2D eigenvalue weighted by Gasteiger charge is -2.16. The molecule has 9 heteroatoms. The van der Waals surface area contributed by atoms with Gasteiger partial charge in [0.05, 0.1) is 0 Å². The molecule has 0 aliphatic carbocycles. The molecule has 0 aliphatic rings. The summed E-state index contributed by atoms with van der Waals surface area (Å²) in [4.78, 5) is 23.7. The predicted molar refractivity (Wildman–Crippen MR) is 111 cm³/mol. The first-order chi connectivity index (χ1) is 13.8. The SMILES string of the molecule is Cc1cc(=O)oc2cc(O[C@@H](C)C(=O)NNC(=S)Nc3ccc(F)cc3)ccc12. The van der Waals surface area contributed by atoms with E-state index in [2.05, 4.69) is 16.2 Å². The van der Waals surface area contributed by atoms with Gasteiger partial charge in [0.25, 0.3) is 5.91 Å². The van der Waals surface area contributed by atoms with E-state index in [-0.39, 0.29) is 10.9 Å². The Morgan fingerprint density at radius 2 is 1.86 bits per heavy atom. The number of amides is 1. The summed E-state index contributed by atoms with van der Waals surface area (Å²) < 4.78 is 23.7. The topological polar surface area (TPSA) is 92.6 Å². The third-order valence-electron chi connectivity index (χ3n) is 4.01. The van der Waals surface area contributed by atoms with E-state index in [4.69, 9.17) is 21.4 Å². The van der Waals surface area contributed by atoms with Crippen LogP contribution in [0.3, 0.4) is 0 Å². The van der Waals surface area contributed by atoms with Crippen LogP contribution >= 0.6 is 12.2 Å². The normalized spacial score (nSPS) is 11.6. The molecule has 1 atom stereocenters. The maximum Gasteiger partial charge on any atom is 0.336 e. The molecule has 150 valence electrons. The summed E-state index contributed by atoms with van der Waals surface area (Å²) in [5.74, 6) is -0.461. The molecule has 3 aromatic rings. The highest BCUT2D eigenvalue weighted by Crippen LogP contribution is 2.23. The molecule has 2 aromatic carbocycles. The van der Waals surface area contributed by atoms with Crippen molar-refractivity contribution in [1.29, 1.82) is 0 Å². The molecule has 0 fully saturated rings. The van der Waals surface area contributed by atoms with Crippen molar-refractivity contribution in [2.45, 2.75) is 20.0 Å². The first-order valence-corrected chi connectivity index (χ1v) is 9.06. The molecule has 7 nitrogen and oxygen atoms in total. The predicted octanol–water partition coefficient (Wildman–Crippen LogP) is 3.03. The Kier molecular flexibility index (Phi) is 6.08. The summed E-state index contributed by atoms with van der Waals surface area (Å²) in [6.45, 7) is 3.37. The van der Waals surface area contributed by atoms with Crippen LogP contribution in [0.5, 0.6) is 5.75 Å². The fourth-order valence-electron chi connectivity index (χ4n) is 2.55. The minimum Gasteiger partial charge on any atom is -0.481 e. The largest absolute Gasteiger partial charge is 0.481 e. The van der Waals surface area contributed by atoms with Gasteiger partial charge >= 0.3 is 5.63 Å². The molecular weight excluding hydrogens is 397 g/mol. The highest BCUT2D eigenvalue weighted by Gasteiger charge is 2.15. The first kappa shape index (κ1) is 20.3. The number of hydrogen-bond acceptors (Lipinski definition) is 5. The van der Waals surface area contributed by atoms with Crippen molar-refractivity contribution in [2.75, 3.05) is 5.32 Å². The van der Waals surface area contributed by atoms with Crippen molar-refractivity contribution in [3.63, 3.8) is 0 Å². The average molecular weight is 415 g/mol. The Balaban J connectivity index is 1.56. The van der Waals surface area contributed by atoms with E-state index in [9.17, 15) is 14.0 Å². The van der Waals surface area contributed by atoms with E-state index >= 15 is 0 Å². The van der Waals surface area contributed by atoms with Crippen LogP contribution in [0.2, 0.25) is 0 Å². The van der Waals surface area contributed by atoms with Crippen LogP contribution in [-0.4, -0.2) is 17.1 Å². The highest BCUT2D eigenvalue weighted by atomic mass is 32.1. The molecule has 1 aromatic heterocycles. The van der Waals surface area contributed by atoms with Gasteiger partial charge in [-0.25, -0.2) is 9.18 Å². The Hall–Kier alpha value is -3.46. The van der Waals surface area contributed by atoms with Gasteiger partial charge < -0.3 is 14.5 Å². The van der Waals surface area contributed by atoms with E-state index < -0.39 is 17.6 Å². The second-order valence-corrected chi connectivity index (χ2v) is 6.65. The van der Waals surface area contributed by atoms with Gasteiger partial charge in [0.1, 0.15) is 17.1 Å². The Bertz CT molecular complexity index is 1110. The van der Waals surface area contributed by atoms with E-state index in [0.717, 1.165) is 10.9 Å². The van der Waals surface area contributed by atoms with Crippen LogP contribution in [0.1, 0.15) is 12.5 Å². The molecule has 3 N–H and O–H groups in total. The number of hydrazine groups is 1. The maximum atomic E-state index is 12.9. The first-order valence-electron chi connectivity index (χ1n) is 8.65. The van der Waals surface area contributed by atoms with Crippen LogP contribution in [0.15, 0.2) is 57.7 Å². The van der Waals surface area contributed by atoms with Crippen molar-refractivity contribution in [1.82, 2.24) is 10.9 Å². The molecule has 0 radical (unpaired) electrons. The number of carbonyl (C=O) groups is 1. The van der Waals surface area contributed by atoms with E-state index in [1.807, 2.05) is 6.92 Å². The molecule has 0 aliphatic heterocycles. The van der Waals surface area contributed by atoms with Crippen molar-refractivity contribution in [3.05, 3.63) is 70.3 Å². The summed E-state index contributed by atoms with van der Waals surface area (Å²) in [5, 5.41) is 3.71. The lowest BCUT2D eigenvalue weighted by molar-refractivity contribution is -0.127. The number of rotatable bonds is 4. The van der Waals surface area contributed by atoms with Gasteiger partial charge in [-0.15, -0.1) is 0 Å². The summed E-state index contributed by atoms with van der Waals surface area (Å²) >= 11 is 5.07. The minimum absolute atomic E-state index is 0.125. The number of fused-ring (bicyclic) bond motifs is 1. The van der Waals surface area contributed by atoms with Crippen LogP contribution < -0.4 is 26.5 Å². The fourth-order valence-corrected chi connectivity index (χ4v) is 2.72. The monoisotopic (exact) mass is 415 g/mol. The molecule has 0 bridgehead atoms. The third kappa shape index (κ3) is 5.29. The Morgan fingerprint density at radius 1 is 1.14 bits per heavy atom. The fraction of sp³-hybridized carbons (Fsp3) is 0.150. The average Bonchev–Trinajstić information content (AvgIpc) is 2.67. The molecule has 1 amide bonds. The third-order valence-corrected chi connectivity index (χ3v) is 4.21. The van der Waals surface area contributed by atoms with Gasteiger partial charge in [0, 0.05) is 23.2 Å². The molecule has 29 heavy (non-hydrogen) atoms. The zero-order chi connectivity index (χ0) is 21.0. The number of halogens is 1. The second-order valence-electron chi connectivity index (χ2n) is 6.24. The van der Waals surface area contributed by atoms with Gasteiger partial charge in [-0.05, 0) is 68.0 Å². The maximum absolute atomic E-state index is 12.9. The summed E-state index contributed by atoms with van der Waals surface area (Å²) in [5.41, 5.74) is 6.25. The van der Waals surface area contributed by atoms with Crippen LogP contribution in [0.4, 0.5) is 10.1 Å². The van der Waals surface area contributed by atoms with Crippen molar-refractivity contribution < 1.29 is 18.3 Å². The van der Waals surface area contributed by atoms with Gasteiger partial charge in [-0.2, -0.15) is 0 Å². The zero-order valence-electron chi connectivity index (χ0n) is 15.6. The van der Waals surface area contributed by atoms with Crippen LogP contribution in [0.25, 0.3) is 11.0 Å². The summed E-state index contributed by atoms with van der Waals surface area (Å²) in [6, 6.07) is 12.0. The number of aryl methyl sites for hydroxylation is 1. The van der Waals surface area contributed by atoms with E-state index in [1.165, 1.54) is 30.3 Å². The van der Waals surface area contributed by atoms with Gasteiger partial charge in [-0.1, -0.05) is 0 Å². The van der Waals surface area contributed by atoms with Crippen molar-refractivity contribution >= 4 is 39.9 Å². The summed E-state index contributed by atoms with van der Waals surface area (Å²) in [6.07, 6.45) is -0.856. The summed E-state index contributed by atoms with van der Waals surface area (Å²) in [7, 11) is 0. The molecule has 0 unspecified atom stereocenters. The molecule has 0 saturated carbocycles. The number of thiocarbonyl (C=S) groups is 1. The Morgan fingerprint density at radius 3 is 2.59 bits per heavy atom. The van der Waals surface area contributed by atoms with Gasteiger partial charge in [0.15, 0.2) is 11.2 Å². The van der Waals surface area contributed by atoms with Crippen molar-refractivity contribution in [3.8, 4) is 5.75 Å². The lowest BCUT2D eigenvalue weighted by Crippen LogP contribution is -2.48. The number of ether oxygens (including phenoxy) is 1. The number of hydrogen-bond donors (Lipinski definition) is 3. The van der Waals surface area contributed by atoms with Crippen LogP contribution in [0, 0.1) is 12.7 Å².